The molecule has 1 aromatic rings. The molecule has 11 atom stereocenters. The van der Waals surface area contributed by atoms with Gasteiger partial charge in [-0.05, 0) is 84.9 Å². The fraction of sp³-hybridized carbons (Fsp3) is 0.854. The normalized spacial score (nSPS) is 27.3. The van der Waals surface area contributed by atoms with Gasteiger partial charge in [-0.15, -0.1) is 0 Å². The van der Waals surface area contributed by atoms with E-state index in [-0.39, 0.29) is 46.1 Å². The quantitative estimate of drug-likeness (QED) is 0.110. The first-order valence-electron chi connectivity index (χ1n) is 19.4. The lowest BCUT2D eigenvalue weighted by atomic mass is 9.81. The molecule has 0 radical (unpaired) electrons. The first-order chi connectivity index (χ1) is 23.0. The topological polar surface area (TPSA) is 64.6 Å². The molecule has 9 heteroatoms. The van der Waals surface area contributed by atoms with Crippen molar-refractivity contribution >= 4 is 16.6 Å². The van der Waals surface area contributed by atoms with Crippen LogP contribution in [0.3, 0.4) is 0 Å². The van der Waals surface area contributed by atoms with E-state index in [0.717, 1.165) is 24.3 Å². The van der Waals surface area contributed by atoms with E-state index >= 15 is 0 Å². The standard InChI is InChI=1S/C41H76O7Si2/c1-27(22-33-23-35(33)30(4)36(45-26-42-12)29(3)25-46-49(14,15)40(6,7)8)38(48-50(16,17)41(9,10)11)31(5)37-28(2)24-44-39(47-37)32-18-20-34(43-13)21-19-32/h18-21,27-31,33,35-39H,22-26H2,1-17H3/t27-,28-,29-,30-,31+,33+,35+,36-,37-,38+,39-/m0/s1. The zero-order chi connectivity index (χ0) is 37.8. The number of rotatable bonds is 18. The lowest BCUT2D eigenvalue weighted by Gasteiger charge is -2.47. The van der Waals surface area contributed by atoms with Crippen LogP contribution in [0.2, 0.25) is 36.3 Å². The van der Waals surface area contributed by atoms with Crippen LogP contribution < -0.4 is 4.74 Å². The Labute approximate surface area is 309 Å². The van der Waals surface area contributed by atoms with Gasteiger partial charge in [-0.25, -0.2) is 0 Å². The molecule has 0 aromatic heterocycles. The highest BCUT2D eigenvalue weighted by atomic mass is 28.4. The SMILES string of the molecule is COCO[C@H]([C@@H](C)[C@H]1C[C@H]1C[C@H](C)[C@@H](O[Si](C)(C)C(C)(C)C)[C@H](C)[C@H]1O[C@@H](c2ccc(OC)cc2)OC[C@@H]1C)[C@@H](C)CO[Si](C)(C)C(C)(C)C. The molecule has 0 bridgehead atoms. The monoisotopic (exact) mass is 737 g/mol. The van der Waals surface area contributed by atoms with Crippen molar-refractivity contribution in [3.63, 3.8) is 0 Å². The number of methoxy groups -OCH3 is 2. The first kappa shape index (κ1) is 43.6. The van der Waals surface area contributed by atoms with Gasteiger partial charge in [0.2, 0.25) is 0 Å². The molecular formula is C41H76O7Si2. The summed E-state index contributed by atoms with van der Waals surface area (Å²) in [6.45, 7) is 36.8. The maximum absolute atomic E-state index is 7.40. The minimum Gasteiger partial charge on any atom is -0.497 e. The lowest BCUT2D eigenvalue weighted by Crippen LogP contribution is -2.51. The fourth-order valence-corrected chi connectivity index (χ4v) is 9.94. The Morgan fingerprint density at radius 2 is 1.42 bits per heavy atom. The van der Waals surface area contributed by atoms with Crippen molar-refractivity contribution in [2.24, 2.45) is 41.4 Å². The van der Waals surface area contributed by atoms with E-state index in [0.29, 0.717) is 37.1 Å². The molecule has 1 saturated heterocycles. The maximum Gasteiger partial charge on any atom is 0.192 e. The smallest absolute Gasteiger partial charge is 0.192 e. The molecule has 1 aromatic carbocycles. The molecule has 3 rings (SSSR count). The van der Waals surface area contributed by atoms with E-state index in [1.165, 1.54) is 6.42 Å². The molecule has 0 N–H and O–H groups in total. The predicted octanol–water partition coefficient (Wildman–Crippen LogP) is 10.7. The Kier molecular flexibility index (Phi) is 15.3. The van der Waals surface area contributed by atoms with Crippen LogP contribution in [0.15, 0.2) is 24.3 Å². The van der Waals surface area contributed by atoms with Gasteiger partial charge in [0.15, 0.2) is 22.9 Å². The average Bonchev–Trinajstić information content (AvgIpc) is 3.80. The number of benzene rings is 1. The second kappa shape index (κ2) is 17.6. The Morgan fingerprint density at radius 3 is 1.96 bits per heavy atom. The van der Waals surface area contributed by atoms with Crippen molar-refractivity contribution < 1.29 is 32.5 Å². The second-order valence-corrected chi connectivity index (χ2v) is 28.6. The van der Waals surface area contributed by atoms with Crippen molar-refractivity contribution in [3.05, 3.63) is 29.8 Å². The first-order valence-corrected chi connectivity index (χ1v) is 25.2. The Hall–Kier alpha value is -0.786. The van der Waals surface area contributed by atoms with E-state index in [2.05, 4.69) is 102 Å². The molecule has 2 aliphatic rings. The molecule has 290 valence electrons. The van der Waals surface area contributed by atoms with Gasteiger partial charge in [-0.1, -0.05) is 88.3 Å². The Bertz CT molecular complexity index is 1160. The Balaban J connectivity index is 1.77. The van der Waals surface area contributed by atoms with Gasteiger partial charge in [0.05, 0.1) is 32.0 Å². The van der Waals surface area contributed by atoms with Crippen LogP contribution >= 0.6 is 0 Å². The van der Waals surface area contributed by atoms with Crippen LogP contribution in [-0.4, -0.2) is 69.2 Å². The van der Waals surface area contributed by atoms with E-state index in [1.807, 2.05) is 24.3 Å². The highest BCUT2D eigenvalue weighted by Gasteiger charge is 2.50. The van der Waals surface area contributed by atoms with Gasteiger partial charge < -0.3 is 32.5 Å². The molecule has 7 nitrogen and oxygen atoms in total. The minimum absolute atomic E-state index is 0.0237. The highest BCUT2D eigenvalue weighted by molar-refractivity contribution is 6.74. The maximum atomic E-state index is 7.40. The molecule has 50 heavy (non-hydrogen) atoms. The molecule has 1 aliphatic carbocycles. The molecular weight excluding hydrogens is 661 g/mol. The minimum atomic E-state index is -2.07. The van der Waals surface area contributed by atoms with Gasteiger partial charge in [-0.2, -0.15) is 0 Å². The zero-order valence-corrected chi connectivity index (χ0v) is 37.1. The molecule has 1 heterocycles. The van der Waals surface area contributed by atoms with Gasteiger partial charge in [0, 0.05) is 37.0 Å². The van der Waals surface area contributed by atoms with E-state index in [9.17, 15) is 0 Å². The predicted molar refractivity (Wildman–Crippen MR) is 211 cm³/mol. The third-order valence-electron chi connectivity index (χ3n) is 12.9. The summed E-state index contributed by atoms with van der Waals surface area (Å²) in [6.07, 6.45) is 2.19. The summed E-state index contributed by atoms with van der Waals surface area (Å²) < 4.78 is 44.4. The third kappa shape index (κ3) is 11.1. The fourth-order valence-electron chi connectivity index (χ4n) is 7.35. The molecule has 0 amide bonds. The van der Waals surface area contributed by atoms with Crippen LogP contribution in [-0.2, 0) is 27.8 Å². The number of hydrogen-bond donors (Lipinski definition) is 0. The summed E-state index contributed by atoms with van der Waals surface area (Å²) in [7, 11) is -0.517. The van der Waals surface area contributed by atoms with Crippen molar-refractivity contribution in [2.45, 2.75) is 150 Å². The van der Waals surface area contributed by atoms with Crippen molar-refractivity contribution in [1.29, 1.82) is 0 Å². The van der Waals surface area contributed by atoms with Gasteiger partial charge >= 0.3 is 0 Å². The molecule has 1 saturated carbocycles. The highest BCUT2D eigenvalue weighted by Crippen LogP contribution is 2.52. The van der Waals surface area contributed by atoms with Crippen LogP contribution in [0.4, 0.5) is 0 Å². The largest absolute Gasteiger partial charge is 0.497 e. The second-order valence-electron chi connectivity index (χ2n) is 19.0. The van der Waals surface area contributed by atoms with E-state index in [1.54, 1.807) is 14.2 Å². The van der Waals surface area contributed by atoms with Crippen LogP contribution in [0.25, 0.3) is 0 Å². The summed E-state index contributed by atoms with van der Waals surface area (Å²) in [5, 5.41) is 0.298. The van der Waals surface area contributed by atoms with Gasteiger partial charge in [0.1, 0.15) is 12.5 Å². The summed E-state index contributed by atoms with van der Waals surface area (Å²) in [6, 6.07) is 8.05. The van der Waals surface area contributed by atoms with E-state index < -0.39 is 22.9 Å². The average molecular weight is 737 g/mol. The zero-order valence-electron chi connectivity index (χ0n) is 35.1. The number of hydrogen-bond acceptors (Lipinski definition) is 7. The summed E-state index contributed by atoms with van der Waals surface area (Å²) in [4.78, 5) is 0. The van der Waals surface area contributed by atoms with Crippen molar-refractivity contribution in [2.75, 3.05) is 34.2 Å². The summed E-state index contributed by atoms with van der Waals surface area (Å²) >= 11 is 0. The van der Waals surface area contributed by atoms with Crippen LogP contribution in [0.1, 0.15) is 101 Å². The van der Waals surface area contributed by atoms with Gasteiger partial charge in [0.25, 0.3) is 0 Å². The summed E-state index contributed by atoms with van der Waals surface area (Å²) in [5.41, 5.74) is 1.02. The molecule has 2 fully saturated rings. The molecule has 1 aliphatic heterocycles. The van der Waals surface area contributed by atoms with Gasteiger partial charge in [-0.3, -0.25) is 0 Å². The van der Waals surface area contributed by atoms with Crippen molar-refractivity contribution in [3.8, 4) is 5.75 Å². The molecule has 0 spiro atoms. The van der Waals surface area contributed by atoms with Crippen molar-refractivity contribution in [1.82, 2.24) is 0 Å². The van der Waals surface area contributed by atoms with Crippen LogP contribution in [0, 0.1) is 41.4 Å². The van der Waals surface area contributed by atoms with E-state index in [4.69, 9.17) is 32.5 Å². The third-order valence-corrected chi connectivity index (χ3v) is 21.8. The Morgan fingerprint density at radius 1 is 0.820 bits per heavy atom. The number of ether oxygens (including phenoxy) is 5. The lowest BCUT2D eigenvalue weighted by molar-refractivity contribution is -0.256. The molecule has 0 unspecified atom stereocenters. The summed E-state index contributed by atoms with van der Waals surface area (Å²) in [5.74, 6) is 3.67. The van der Waals surface area contributed by atoms with Crippen LogP contribution in [0.5, 0.6) is 5.75 Å².